The largest absolute Gasteiger partial charge is 0.356 e. The van der Waals surface area contributed by atoms with Gasteiger partial charge in [0.15, 0.2) is 0 Å². The maximum absolute atomic E-state index is 11.3. The van der Waals surface area contributed by atoms with Gasteiger partial charge >= 0.3 is 0 Å². The topological polar surface area (TPSA) is 29.1 Å². The van der Waals surface area contributed by atoms with Gasteiger partial charge in [0, 0.05) is 12.5 Å². The first-order valence-corrected chi connectivity index (χ1v) is 5.89. The van der Waals surface area contributed by atoms with Gasteiger partial charge < -0.3 is 5.32 Å². The summed E-state index contributed by atoms with van der Waals surface area (Å²) in [5.41, 5.74) is 0.743. The van der Waals surface area contributed by atoms with E-state index >= 15 is 0 Å². The predicted octanol–water partition coefficient (Wildman–Crippen LogP) is 2.34. The minimum atomic E-state index is 0.132. The molecule has 0 unspecified atom stereocenters. The lowest BCUT2D eigenvalue weighted by atomic mass is 9.52. The van der Waals surface area contributed by atoms with Crippen LogP contribution < -0.4 is 5.32 Å². The summed E-state index contributed by atoms with van der Waals surface area (Å²) < 4.78 is 0. The van der Waals surface area contributed by atoms with Crippen molar-refractivity contribution in [2.24, 2.45) is 17.3 Å². The first-order chi connectivity index (χ1) is 6.61. The van der Waals surface area contributed by atoms with Gasteiger partial charge in [0.2, 0.25) is 5.91 Å². The van der Waals surface area contributed by atoms with Crippen molar-refractivity contribution in [3.8, 4) is 0 Å². The van der Waals surface area contributed by atoms with Crippen LogP contribution in [0.1, 0.15) is 46.0 Å². The van der Waals surface area contributed by atoms with Crippen molar-refractivity contribution in [2.45, 2.75) is 46.0 Å². The van der Waals surface area contributed by atoms with Gasteiger partial charge in [-0.2, -0.15) is 0 Å². The summed E-state index contributed by atoms with van der Waals surface area (Å²) in [6.07, 6.45) is 7.06. The molecule has 0 aromatic carbocycles. The summed E-state index contributed by atoms with van der Waals surface area (Å²) in [5, 5.41) is 3.03. The molecule has 0 radical (unpaired) electrons. The van der Waals surface area contributed by atoms with Crippen molar-refractivity contribution in [1.82, 2.24) is 5.32 Å². The van der Waals surface area contributed by atoms with E-state index in [1.165, 1.54) is 32.1 Å². The molecule has 0 aromatic heterocycles. The summed E-state index contributed by atoms with van der Waals surface area (Å²) in [4.78, 5) is 11.3. The first kappa shape index (κ1) is 10.0. The third-order valence-electron chi connectivity index (χ3n) is 3.95. The molecule has 0 saturated heterocycles. The normalized spacial score (nSPS) is 24.5. The van der Waals surface area contributed by atoms with Crippen LogP contribution in [-0.2, 0) is 4.79 Å². The van der Waals surface area contributed by atoms with Gasteiger partial charge in [-0.15, -0.1) is 0 Å². The second kappa shape index (κ2) is 3.56. The zero-order valence-corrected chi connectivity index (χ0v) is 9.31. The van der Waals surface area contributed by atoms with E-state index in [2.05, 4.69) is 5.32 Å². The molecule has 0 bridgehead atoms. The lowest BCUT2D eigenvalue weighted by Gasteiger charge is -2.54. The maximum Gasteiger partial charge on any atom is 0.222 e. The Hall–Kier alpha value is -0.530. The van der Waals surface area contributed by atoms with E-state index in [1.54, 1.807) is 0 Å². The fraction of sp³-hybridized carbons (Fsp3) is 0.917. The Morgan fingerprint density at radius 3 is 2.50 bits per heavy atom. The molecule has 2 nitrogen and oxygen atoms in total. The summed E-state index contributed by atoms with van der Waals surface area (Å²) >= 11 is 0. The average molecular weight is 195 g/mol. The van der Waals surface area contributed by atoms with E-state index in [-0.39, 0.29) is 11.8 Å². The summed E-state index contributed by atoms with van der Waals surface area (Å²) in [7, 11) is 0. The second-order valence-corrected chi connectivity index (χ2v) is 5.53. The Labute approximate surface area is 86.5 Å². The zero-order chi connectivity index (χ0) is 10.2. The lowest BCUT2D eigenvalue weighted by molar-refractivity contribution is -0.125. The number of amides is 1. The first-order valence-electron chi connectivity index (χ1n) is 5.89. The van der Waals surface area contributed by atoms with Crippen molar-refractivity contribution in [1.29, 1.82) is 0 Å². The highest BCUT2D eigenvalue weighted by atomic mass is 16.1. The smallest absolute Gasteiger partial charge is 0.222 e. The fourth-order valence-corrected chi connectivity index (χ4v) is 2.84. The molecule has 2 saturated carbocycles. The number of carbonyl (C=O) groups is 1. The molecule has 0 aliphatic heterocycles. The Balaban J connectivity index is 1.62. The van der Waals surface area contributed by atoms with E-state index < -0.39 is 0 Å². The van der Waals surface area contributed by atoms with Crippen LogP contribution in [0.5, 0.6) is 0 Å². The highest BCUT2D eigenvalue weighted by Gasteiger charge is 2.47. The van der Waals surface area contributed by atoms with Crippen LogP contribution in [0.2, 0.25) is 0 Å². The van der Waals surface area contributed by atoms with Gasteiger partial charge in [0.1, 0.15) is 0 Å². The van der Waals surface area contributed by atoms with Gasteiger partial charge in [0.05, 0.1) is 0 Å². The van der Waals surface area contributed by atoms with Crippen molar-refractivity contribution >= 4 is 5.91 Å². The third kappa shape index (κ3) is 1.79. The molecule has 1 amide bonds. The molecule has 2 fully saturated rings. The summed E-state index contributed by atoms with van der Waals surface area (Å²) in [6.45, 7) is 4.81. The molecule has 1 spiro atoms. The van der Waals surface area contributed by atoms with Crippen LogP contribution in [0.4, 0.5) is 0 Å². The van der Waals surface area contributed by atoms with E-state index in [0.717, 1.165) is 17.9 Å². The highest BCUT2D eigenvalue weighted by Crippen LogP contribution is 2.58. The van der Waals surface area contributed by atoms with Gasteiger partial charge in [-0.05, 0) is 37.0 Å². The predicted molar refractivity (Wildman–Crippen MR) is 56.9 cm³/mol. The third-order valence-corrected chi connectivity index (χ3v) is 3.95. The van der Waals surface area contributed by atoms with Crippen molar-refractivity contribution in [3.63, 3.8) is 0 Å². The number of carbonyl (C=O) groups excluding carboxylic acids is 1. The molecule has 0 aromatic rings. The standard InChI is InChI=1S/C12H21NO/c1-9(2)11(14)13-8-10-6-12(7-10)4-3-5-12/h9-10H,3-8H2,1-2H3,(H,13,14). The van der Waals surface area contributed by atoms with Crippen LogP contribution in [0.15, 0.2) is 0 Å². The Morgan fingerprint density at radius 2 is 2.07 bits per heavy atom. The van der Waals surface area contributed by atoms with Gasteiger partial charge in [0.25, 0.3) is 0 Å². The summed E-state index contributed by atoms with van der Waals surface area (Å²) in [5.74, 6) is 1.12. The van der Waals surface area contributed by atoms with Gasteiger partial charge in [-0.25, -0.2) is 0 Å². The highest BCUT2D eigenvalue weighted by molar-refractivity contribution is 5.77. The van der Waals surface area contributed by atoms with Crippen molar-refractivity contribution < 1.29 is 4.79 Å². The van der Waals surface area contributed by atoms with E-state index in [4.69, 9.17) is 0 Å². The Kier molecular flexibility index (Phi) is 2.54. The van der Waals surface area contributed by atoms with E-state index in [1.807, 2.05) is 13.8 Å². The molecular weight excluding hydrogens is 174 g/mol. The zero-order valence-electron chi connectivity index (χ0n) is 9.31. The molecule has 80 valence electrons. The molecule has 2 rings (SSSR count). The van der Waals surface area contributed by atoms with E-state index in [0.29, 0.717) is 0 Å². The molecule has 1 N–H and O–H groups in total. The SMILES string of the molecule is CC(C)C(=O)NCC1CC2(CCC2)C1. The number of hydrogen-bond donors (Lipinski definition) is 1. The number of rotatable bonds is 3. The van der Waals surface area contributed by atoms with Crippen molar-refractivity contribution in [2.75, 3.05) is 6.54 Å². The second-order valence-electron chi connectivity index (χ2n) is 5.53. The van der Waals surface area contributed by atoms with Crippen LogP contribution in [0, 0.1) is 17.3 Å². The lowest BCUT2D eigenvalue weighted by Crippen LogP contribution is -2.47. The van der Waals surface area contributed by atoms with Gasteiger partial charge in [-0.3, -0.25) is 4.79 Å². The molecular formula is C12H21NO. The van der Waals surface area contributed by atoms with E-state index in [9.17, 15) is 4.79 Å². The fourth-order valence-electron chi connectivity index (χ4n) is 2.84. The van der Waals surface area contributed by atoms with Gasteiger partial charge in [-0.1, -0.05) is 20.3 Å². The van der Waals surface area contributed by atoms with Crippen LogP contribution in [0.25, 0.3) is 0 Å². The molecule has 14 heavy (non-hydrogen) atoms. The Morgan fingerprint density at radius 1 is 1.43 bits per heavy atom. The Bertz CT molecular complexity index is 222. The average Bonchev–Trinajstić information content (AvgIpc) is 1.97. The maximum atomic E-state index is 11.3. The number of hydrogen-bond acceptors (Lipinski definition) is 1. The monoisotopic (exact) mass is 195 g/mol. The minimum Gasteiger partial charge on any atom is -0.356 e. The van der Waals surface area contributed by atoms with Crippen LogP contribution in [-0.4, -0.2) is 12.5 Å². The number of nitrogens with one attached hydrogen (secondary N) is 1. The molecule has 2 aliphatic rings. The molecule has 2 aliphatic carbocycles. The van der Waals surface area contributed by atoms with Crippen LogP contribution in [0.3, 0.4) is 0 Å². The quantitative estimate of drug-likeness (QED) is 0.736. The summed E-state index contributed by atoms with van der Waals surface area (Å²) in [6, 6.07) is 0. The van der Waals surface area contributed by atoms with Crippen molar-refractivity contribution in [3.05, 3.63) is 0 Å². The molecule has 0 atom stereocenters. The molecule has 2 heteroatoms. The molecule has 0 heterocycles. The van der Waals surface area contributed by atoms with Crippen LogP contribution >= 0.6 is 0 Å². The minimum absolute atomic E-state index is 0.132.